The molecule has 9 aromatic carbocycles. The molecule has 0 radical (unpaired) electrons. The summed E-state index contributed by atoms with van der Waals surface area (Å²) in [6, 6.07) is 79.7. The van der Waals surface area contributed by atoms with E-state index in [1.807, 2.05) is 13.8 Å². The molecule has 9 aromatic rings. The second kappa shape index (κ2) is 16.0. The van der Waals surface area contributed by atoms with Gasteiger partial charge in [-0.05, 0) is 155 Å². The summed E-state index contributed by atoms with van der Waals surface area (Å²) >= 11 is 0. The standard InChI is InChI=1S/C64H47N.C2H6/c1-63(2)57-25-12-9-22-51(57)54-36-33-49(40-60(54)63)65(48-21-15-20-46(38-48)43-18-7-4-8-19-43)50-34-37-56-53-24-11-14-27-59(53)64(62(56)41-50)58-26-13-10-23-52(58)55-35-32-47(39-61(55)64)45-30-28-44(29-31-45)42-16-5-3-6-17-42;1-2/h3-8,10-11,13-41H,9,12H2,1-2H3;1-2H3. The maximum absolute atomic E-state index is 2.53. The van der Waals surface area contributed by atoms with E-state index < -0.39 is 5.41 Å². The zero-order valence-corrected chi connectivity index (χ0v) is 38.7. The summed E-state index contributed by atoms with van der Waals surface area (Å²) in [5.41, 5.74) is 26.4. The molecule has 1 unspecified atom stereocenters. The van der Waals surface area contributed by atoms with Crippen LogP contribution in [0.25, 0.3) is 61.2 Å². The summed E-state index contributed by atoms with van der Waals surface area (Å²) < 4.78 is 0. The van der Waals surface area contributed by atoms with Gasteiger partial charge in [0.25, 0.3) is 0 Å². The maximum atomic E-state index is 2.53. The molecule has 1 atom stereocenters. The molecule has 0 heterocycles. The molecular formula is C66H53N. The Morgan fingerprint density at radius 2 is 0.761 bits per heavy atom. The normalized spacial score (nSPS) is 16.3. The Hall–Kier alpha value is -7.74. The van der Waals surface area contributed by atoms with Crippen LogP contribution < -0.4 is 4.90 Å². The predicted molar refractivity (Wildman–Crippen MR) is 283 cm³/mol. The Morgan fingerprint density at radius 3 is 1.42 bits per heavy atom. The van der Waals surface area contributed by atoms with Crippen molar-refractivity contribution in [2.45, 2.75) is 51.4 Å². The van der Waals surface area contributed by atoms with Crippen molar-refractivity contribution >= 4 is 22.6 Å². The van der Waals surface area contributed by atoms with E-state index >= 15 is 0 Å². The van der Waals surface area contributed by atoms with Crippen LogP contribution in [-0.4, -0.2) is 0 Å². The Balaban J connectivity index is 0.00000231. The second-order valence-corrected chi connectivity index (χ2v) is 18.7. The first kappa shape index (κ1) is 40.7. The van der Waals surface area contributed by atoms with E-state index in [0.717, 1.165) is 24.2 Å². The average molecular weight is 860 g/mol. The molecule has 13 rings (SSSR count). The summed E-state index contributed by atoms with van der Waals surface area (Å²) in [6.07, 6.45) is 7.15. The van der Waals surface area contributed by atoms with Crippen LogP contribution in [0.15, 0.2) is 230 Å². The van der Waals surface area contributed by atoms with Crippen LogP contribution >= 0.6 is 0 Å². The number of anilines is 3. The highest BCUT2D eigenvalue weighted by molar-refractivity contribution is 5.98. The van der Waals surface area contributed by atoms with Crippen LogP contribution in [-0.2, 0) is 10.8 Å². The quantitative estimate of drug-likeness (QED) is 0.161. The third-order valence-electron chi connectivity index (χ3n) is 14.9. The fourth-order valence-electron chi connectivity index (χ4n) is 11.9. The van der Waals surface area contributed by atoms with Crippen LogP contribution in [0, 0.1) is 0 Å². The lowest BCUT2D eigenvalue weighted by atomic mass is 9.70. The Bertz CT molecular complexity index is 3430. The highest BCUT2D eigenvalue weighted by Crippen LogP contribution is 2.64. The lowest BCUT2D eigenvalue weighted by Crippen LogP contribution is -2.26. The van der Waals surface area contributed by atoms with Crippen LogP contribution in [0.4, 0.5) is 17.1 Å². The van der Waals surface area contributed by atoms with Crippen LogP contribution in [0.3, 0.4) is 0 Å². The first-order valence-electron chi connectivity index (χ1n) is 24.1. The number of hydrogen-bond acceptors (Lipinski definition) is 1. The fraction of sp³-hybridized carbons (Fsp3) is 0.121. The van der Waals surface area contributed by atoms with Gasteiger partial charge in [0, 0.05) is 22.5 Å². The molecule has 322 valence electrons. The highest BCUT2D eigenvalue weighted by atomic mass is 15.1. The smallest absolute Gasteiger partial charge is 0.0726 e. The monoisotopic (exact) mass is 859 g/mol. The molecule has 0 N–H and O–H groups in total. The van der Waals surface area contributed by atoms with Gasteiger partial charge in [0.1, 0.15) is 0 Å². The molecule has 0 fully saturated rings. The van der Waals surface area contributed by atoms with E-state index in [9.17, 15) is 0 Å². The molecule has 1 nitrogen and oxygen atoms in total. The maximum Gasteiger partial charge on any atom is 0.0726 e. The summed E-state index contributed by atoms with van der Waals surface area (Å²) in [4.78, 5) is 2.51. The molecule has 4 aliphatic carbocycles. The van der Waals surface area contributed by atoms with Gasteiger partial charge in [-0.2, -0.15) is 0 Å². The van der Waals surface area contributed by atoms with Crippen LogP contribution in [0.2, 0.25) is 0 Å². The SMILES string of the molecule is CC.CC1(C)C2=CCCC=C2c2ccc(N(c3cccc(-c4ccccc4)c3)c3ccc4c(c3)C3(c5ccccc5-c5ccc(-c6ccc(-c7ccccc7)cc6)cc53)c3ccccc3-4)cc21. The van der Waals surface area contributed by atoms with E-state index in [1.165, 1.54) is 106 Å². The first-order chi connectivity index (χ1) is 33.0. The third kappa shape index (κ3) is 6.21. The molecule has 1 spiro atoms. The van der Waals surface area contributed by atoms with E-state index in [4.69, 9.17) is 0 Å². The van der Waals surface area contributed by atoms with Gasteiger partial charge in [-0.25, -0.2) is 0 Å². The molecular weight excluding hydrogens is 807 g/mol. The van der Waals surface area contributed by atoms with Crippen molar-refractivity contribution in [3.05, 3.63) is 263 Å². The fourth-order valence-corrected chi connectivity index (χ4v) is 11.9. The van der Waals surface area contributed by atoms with Crippen molar-refractivity contribution in [2.75, 3.05) is 4.90 Å². The third-order valence-corrected chi connectivity index (χ3v) is 14.9. The average Bonchev–Trinajstić information content (AvgIpc) is 3.95. The minimum atomic E-state index is -0.514. The minimum Gasteiger partial charge on any atom is -0.310 e. The van der Waals surface area contributed by atoms with E-state index in [2.05, 4.69) is 243 Å². The molecule has 4 aliphatic rings. The van der Waals surface area contributed by atoms with Gasteiger partial charge in [-0.1, -0.05) is 210 Å². The Morgan fingerprint density at radius 1 is 0.328 bits per heavy atom. The highest BCUT2D eigenvalue weighted by Gasteiger charge is 2.52. The molecule has 0 aromatic heterocycles. The first-order valence-corrected chi connectivity index (χ1v) is 24.1. The number of fused-ring (bicyclic) bond motifs is 13. The van der Waals surface area contributed by atoms with Crippen LogP contribution in [0.1, 0.15) is 73.9 Å². The number of benzene rings is 9. The number of allylic oxidation sites excluding steroid dienone is 4. The van der Waals surface area contributed by atoms with Crippen molar-refractivity contribution < 1.29 is 0 Å². The minimum absolute atomic E-state index is 0.0877. The summed E-state index contributed by atoms with van der Waals surface area (Å²) in [5.74, 6) is 0. The van der Waals surface area contributed by atoms with Gasteiger partial charge in [0.2, 0.25) is 0 Å². The predicted octanol–water partition coefficient (Wildman–Crippen LogP) is 17.9. The summed E-state index contributed by atoms with van der Waals surface area (Å²) in [6.45, 7) is 8.82. The van der Waals surface area contributed by atoms with Gasteiger partial charge in [0.15, 0.2) is 0 Å². The van der Waals surface area contributed by atoms with E-state index in [1.54, 1.807) is 0 Å². The van der Waals surface area contributed by atoms with Crippen molar-refractivity contribution in [3.63, 3.8) is 0 Å². The number of hydrogen-bond donors (Lipinski definition) is 0. The molecule has 1 heteroatoms. The molecule has 0 saturated carbocycles. The lowest BCUT2D eigenvalue weighted by Gasteiger charge is -2.33. The second-order valence-electron chi connectivity index (χ2n) is 18.7. The van der Waals surface area contributed by atoms with Gasteiger partial charge in [0.05, 0.1) is 5.41 Å². The zero-order chi connectivity index (χ0) is 45.3. The van der Waals surface area contributed by atoms with Crippen molar-refractivity contribution in [3.8, 4) is 55.6 Å². The number of nitrogens with zero attached hydrogens (tertiary/aromatic N) is 1. The van der Waals surface area contributed by atoms with Gasteiger partial charge < -0.3 is 4.90 Å². The summed E-state index contributed by atoms with van der Waals surface area (Å²) in [5, 5.41) is 0. The Labute approximate surface area is 396 Å². The van der Waals surface area contributed by atoms with Crippen molar-refractivity contribution in [1.29, 1.82) is 0 Å². The molecule has 0 amide bonds. The van der Waals surface area contributed by atoms with Crippen LogP contribution in [0.5, 0.6) is 0 Å². The Kier molecular flexibility index (Phi) is 9.73. The van der Waals surface area contributed by atoms with Crippen molar-refractivity contribution in [2.24, 2.45) is 0 Å². The van der Waals surface area contributed by atoms with Gasteiger partial charge in [-0.3, -0.25) is 0 Å². The molecule has 67 heavy (non-hydrogen) atoms. The molecule has 0 saturated heterocycles. The van der Waals surface area contributed by atoms with Gasteiger partial charge in [-0.15, -0.1) is 0 Å². The van der Waals surface area contributed by atoms with E-state index in [-0.39, 0.29) is 5.41 Å². The van der Waals surface area contributed by atoms with Gasteiger partial charge >= 0.3 is 0 Å². The van der Waals surface area contributed by atoms with Crippen molar-refractivity contribution in [1.82, 2.24) is 0 Å². The topological polar surface area (TPSA) is 3.24 Å². The zero-order valence-electron chi connectivity index (χ0n) is 38.7. The lowest BCUT2D eigenvalue weighted by molar-refractivity contribution is 0.654. The molecule has 0 bridgehead atoms. The van der Waals surface area contributed by atoms with E-state index in [0.29, 0.717) is 0 Å². The summed E-state index contributed by atoms with van der Waals surface area (Å²) in [7, 11) is 0. The largest absolute Gasteiger partial charge is 0.310 e. The number of rotatable bonds is 6. The molecule has 0 aliphatic heterocycles.